The normalized spacial score (nSPS) is 10.7. The fourth-order valence-corrected chi connectivity index (χ4v) is 2.43. The summed E-state index contributed by atoms with van der Waals surface area (Å²) in [6.07, 6.45) is 3.48. The molecule has 2 aromatic carbocycles. The predicted octanol–water partition coefficient (Wildman–Crippen LogP) is 4.25. The third-order valence-corrected chi connectivity index (χ3v) is 3.52. The third-order valence-electron chi connectivity index (χ3n) is 3.19. The average Bonchev–Trinajstić information content (AvgIpc) is 2.47. The van der Waals surface area contributed by atoms with Crippen LogP contribution >= 0.6 is 11.6 Å². The van der Waals surface area contributed by atoms with Crippen molar-refractivity contribution < 1.29 is 9.90 Å². The van der Waals surface area contributed by atoms with Crippen LogP contribution in [0.5, 0.6) is 0 Å². The molecule has 4 heteroatoms. The zero-order valence-corrected chi connectivity index (χ0v) is 11.1. The number of fused-ring (bicyclic) bond motifs is 1. The maximum Gasteiger partial charge on any atom is 0.335 e. The van der Waals surface area contributed by atoms with E-state index in [4.69, 9.17) is 16.7 Å². The number of nitrogens with zero attached hydrogens (tertiary/aromatic N) is 1. The van der Waals surface area contributed by atoms with E-state index in [0.717, 1.165) is 16.3 Å². The van der Waals surface area contributed by atoms with Crippen LogP contribution in [0.3, 0.4) is 0 Å². The minimum atomic E-state index is -0.971. The first-order valence-electron chi connectivity index (χ1n) is 6.03. The highest BCUT2D eigenvalue weighted by atomic mass is 35.5. The number of halogens is 1. The molecule has 3 aromatic rings. The van der Waals surface area contributed by atoms with E-state index in [-0.39, 0.29) is 5.56 Å². The number of pyridine rings is 1. The summed E-state index contributed by atoms with van der Waals surface area (Å²) in [6, 6.07) is 12.4. The van der Waals surface area contributed by atoms with Crippen molar-refractivity contribution in [1.29, 1.82) is 0 Å². The highest BCUT2D eigenvalue weighted by molar-refractivity contribution is 6.34. The molecule has 0 aliphatic carbocycles. The van der Waals surface area contributed by atoms with Gasteiger partial charge in [0.05, 0.1) is 5.56 Å². The Labute approximate surface area is 120 Å². The number of aromatic carboxylic acids is 1. The zero-order chi connectivity index (χ0) is 14.1. The largest absolute Gasteiger partial charge is 0.478 e. The molecule has 1 N–H and O–H groups in total. The number of benzene rings is 2. The van der Waals surface area contributed by atoms with Crippen LogP contribution < -0.4 is 0 Å². The second-order valence-corrected chi connectivity index (χ2v) is 4.81. The van der Waals surface area contributed by atoms with Crippen molar-refractivity contribution in [3.63, 3.8) is 0 Å². The molecule has 3 rings (SSSR count). The lowest BCUT2D eigenvalue weighted by Gasteiger charge is -2.09. The van der Waals surface area contributed by atoms with Crippen molar-refractivity contribution in [2.75, 3.05) is 0 Å². The Kier molecular flexibility index (Phi) is 3.12. The fourth-order valence-electron chi connectivity index (χ4n) is 2.21. The van der Waals surface area contributed by atoms with Gasteiger partial charge in [-0.2, -0.15) is 0 Å². The Morgan fingerprint density at radius 2 is 1.95 bits per heavy atom. The number of hydrogen-bond donors (Lipinski definition) is 1. The third kappa shape index (κ3) is 2.12. The summed E-state index contributed by atoms with van der Waals surface area (Å²) >= 11 is 6.22. The molecule has 0 amide bonds. The van der Waals surface area contributed by atoms with E-state index in [2.05, 4.69) is 4.98 Å². The molecular formula is C16H10ClNO2. The molecule has 1 aromatic heterocycles. The minimum absolute atomic E-state index is 0.213. The van der Waals surface area contributed by atoms with Gasteiger partial charge in [-0.05, 0) is 35.2 Å². The van der Waals surface area contributed by atoms with E-state index >= 15 is 0 Å². The van der Waals surface area contributed by atoms with Gasteiger partial charge in [0, 0.05) is 28.4 Å². The zero-order valence-electron chi connectivity index (χ0n) is 10.4. The lowest BCUT2D eigenvalue weighted by Crippen LogP contribution is -1.96. The molecule has 0 atom stereocenters. The number of aromatic nitrogens is 1. The number of carboxylic acids is 1. The Morgan fingerprint density at radius 1 is 1.10 bits per heavy atom. The van der Waals surface area contributed by atoms with E-state index < -0.39 is 5.97 Å². The molecule has 3 nitrogen and oxygen atoms in total. The number of rotatable bonds is 2. The van der Waals surface area contributed by atoms with Gasteiger partial charge in [0.1, 0.15) is 0 Å². The van der Waals surface area contributed by atoms with Gasteiger partial charge in [0.25, 0.3) is 0 Å². The van der Waals surface area contributed by atoms with Gasteiger partial charge in [-0.1, -0.05) is 29.8 Å². The first-order chi connectivity index (χ1) is 9.66. The van der Waals surface area contributed by atoms with E-state index in [1.165, 1.54) is 6.07 Å². The number of hydrogen-bond acceptors (Lipinski definition) is 2. The van der Waals surface area contributed by atoms with E-state index in [9.17, 15) is 4.79 Å². The summed E-state index contributed by atoms with van der Waals surface area (Å²) in [6.45, 7) is 0. The molecule has 0 fully saturated rings. The van der Waals surface area contributed by atoms with Crippen molar-refractivity contribution in [1.82, 2.24) is 4.98 Å². The molecule has 0 saturated carbocycles. The van der Waals surface area contributed by atoms with Crippen LogP contribution in [0, 0.1) is 0 Å². The molecule has 20 heavy (non-hydrogen) atoms. The van der Waals surface area contributed by atoms with Crippen LogP contribution in [0.15, 0.2) is 54.9 Å². The van der Waals surface area contributed by atoms with Crippen molar-refractivity contribution in [2.45, 2.75) is 0 Å². The lowest BCUT2D eigenvalue weighted by molar-refractivity contribution is 0.0697. The molecule has 0 aliphatic heterocycles. The van der Waals surface area contributed by atoms with Gasteiger partial charge < -0.3 is 5.11 Å². The predicted molar refractivity (Wildman–Crippen MR) is 79.1 cm³/mol. The second-order valence-electron chi connectivity index (χ2n) is 4.40. The Morgan fingerprint density at radius 3 is 2.75 bits per heavy atom. The molecule has 98 valence electrons. The van der Waals surface area contributed by atoms with Gasteiger partial charge >= 0.3 is 5.97 Å². The van der Waals surface area contributed by atoms with Crippen molar-refractivity contribution in [2.24, 2.45) is 0 Å². The smallest absolute Gasteiger partial charge is 0.335 e. The van der Waals surface area contributed by atoms with Crippen LogP contribution in [0.2, 0.25) is 5.02 Å². The summed E-state index contributed by atoms with van der Waals surface area (Å²) in [5.41, 5.74) is 1.79. The quantitative estimate of drug-likeness (QED) is 0.765. The van der Waals surface area contributed by atoms with E-state index in [1.54, 1.807) is 24.5 Å². The Hall–Kier alpha value is -2.39. The average molecular weight is 284 g/mol. The van der Waals surface area contributed by atoms with Crippen LogP contribution in [-0.4, -0.2) is 16.1 Å². The topological polar surface area (TPSA) is 50.2 Å². The molecule has 0 radical (unpaired) electrons. The molecule has 0 bridgehead atoms. The van der Waals surface area contributed by atoms with Crippen LogP contribution in [0.4, 0.5) is 0 Å². The SMILES string of the molecule is O=C(O)c1ccc(Cl)c(-c2cccc3ccncc23)c1. The molecule has 0 spiro atoms. The number of carboxylic acid groups (broad SMARTS) is 1. The van der Waals surface area contributed by atoms with E-state index in [0.29, 0.717) is 10.6 Å². The van der Waals surface area contributed by atoms with Gasteiger partial charge in [-0.15, -0.1) is 0 Å². The summed E-state index contributed by atoms with van der Waals surface area (Å²) in [5, 5.41) is 11.6. The Balaban J connectivity index is 2.30. The summed E-state index contributed by atoms with van der Waals surface area (Å²) in [7, 11) is 0. The molecule has 0 unspecified atom stereocenters. The summed E-state index contributed by atoms with van der Waals surface area (Å²) in [5.74, 6) is -0.971. The first-order valence-corrected chi connectivity index (χ1v) is 6.40. The molecule has 1 heterocycles. The van der Waals surface area contributed by atoms with Crippen molar-refractivity contribution in [3.8, 4) is 11.1 Å². The van der Waals surface area contributed by atoms with Crippen LogP contribution in [0.1, 0.15) is 10.4 Å². The maximum atomic E-state index is 11.1. The molecular weight excluding hydrogens is 274 g/mol. The van der Waals surface area contributed by atoms with Gasteiger partial charge in [0.15, 0.2) is 0 Å². The first kappa shape index (κ1) is 12.6. The second kappa shape index (κ2) is 4.94. The highest BCUT2D eigenvalue weighted by Crippen LogP contribution is 2.33. The summed E-state index contributed by atoms with van der Waals surface area (Å²) < 4.78 is 0. The summed E-state index contributed by atoms with van der Waals surface area (Å²) in [4.78, 5) is 15.2. The van der Waals surface area contributed by atoms with Crippen molar-refractivity contribution in [3.05, 3.63) is 65.4 Å². The number of carbonyl (C=O) groups is 1. The van der Waals surface area contributed by atoms with Gasteiger partial charge in [-0.3, -0.25) is 4.98 Å². The van der Waals surface area contributed by atoms with Crippen molar-refractivity contribution >= 4 is 28.3 Å². The fraction of sp³-hybridized carbons (Fsp3) is 0. The standard InChI is InChI=1S/C16H10ClNO2/c17-15-5-4-11(16(19)20)8-13(15)12-3-1-2-10-6-7-18-9-14(10)12/h1-9H,(H,19,20). The lowest BCUT2D eigenvalue weighted by atomic mass is 9.98. The molecule has 0 aliphatic rings. The monoisotopic (exact) mass is 283 g/mol. The maximum absolute atomic E-state index is 11.1. The highest BCUT2D eigenvalue weighted by Gasteiger charge is 2.11. The van der Waals surface area contributed by atoms with Crippen LogP contribution in [0.25, 0.3) is 21.9 Å². The van der Waals surface area contributed by atoms with E-state index in [1.807, 2.05) is 24.3 Å². The van der Waals surface area contributed by atoms with Gasteiger partial charge in [-0.25, -0.2) is 4.79 Å². The van der Waals surface area contributed by atoms with Crippen LogP contribution in [-0.2, 0) is 0 Å². The molecule has 0 saturated heterocycles. The van der Waals surface area contributed by atoms with Gasteiger partial charge in [0.2, 0.25) is 0 Å². The Bertz CT molecular complexity index is 809. The minimum Gasteiger partial charge on any atom is -0.478 e.